The number of fused-ring (bicyclic) bond motifs is 1. The van der Waals surface area contributed by atoms with Crippen LogP contribution >= 0.6 is 0 Å². The van der Waals surface area contributed by atoms with Gasteiger partial charge in [-0.25, -0.2) is 9.37 Å². The summed E-state index contributed by atoms with van der Waals surface area (Å²) in [5, 5.41) is 3.49. The molecule has 0 saturated carbocycles. The average Bonchev–Trinajstić information content (AvgIpc) is 3.10. The molecule has 0 spiro atoms. The molecule has 1 aliphatic heterocycles. The number of nitrogens with one attached hydrogen (secondary N) is 1. The summed E-state index contributed by atoms with van der Waals surface area (Å²) in [4.78, 5) is 30.2. The van der Waals surface area contributed by atoms with Crippen molar-refractivity contribution in [3.8, 4) is 0 Å². The first-order chi connectivity index (χ1) is 12.4. The standard InChI is InChI=1S/C19H23FN4O2/c1-4-12(3)24-11-21-18-15(19(24)26)8-14(9-16(18)20)22-13-6-7-23(10-13)17(25)5-2/h5,8-9,11-13,22H,2,4,6-7,10H2,1,3H3. The SMILES string of the molecule is C=CC(=O)N1CCC(Nc2cc(F)c3ncn(C(C)CC)c(=O)c3c2)C1. The number of anilines is 1. The van der Waals surface area contributed by atoms with Crippen LogP contribution in [0.5, 0.6) is 0 Å². The summed E-state index contributed by atoms with van der Waals surface area (Å²) < 4.78 is 16.0. The topological polar surface area (TPSA) is 67.2 Å². The van der Waals surface area contributed by atoms with Crippen LogP contribution in [0.15, 0.2) is 35.9 Å². The summed E-state index contributed by atoms with van der Waals surface area (Å²) in [5.74, 6) is -0.643. The Bertz CT molecular complexity index is 908. The maximum absolute atomic E-state index is 14.4. The number of halogens is 1. The molecule has 0 bridgehead atoms. The second-order valence-corrected chi connectivity index (χ2v) is 6.69. The van der Waals surface area contributed by atoms with E-state index in [0.717, 1.165) is 12.8 Å². The van der Waals surface area contributed by atoms with Crippen molar-refractivity contribution < 1.29 is 9.18 Å². The third-order valence-corrected chi connectivity index (χ3v) is 4.95. The van der Waals surface area contributed by atoms with Crippen molar-refractivity contribution in [2.75, 3.05) is 18.4 Å². The fourth-order valence-electron chi connectivity index (χ4n) is 3.24. The van der Waals surface area contributed by atoms with E-state index in [-0.39, 0.29) is 34.5 Å². The summed E-state index contributed by atoms with van der Waals surface area (Å²) in [6, 6.07) is 2.99. The molecule has 1 fully saturated rings. The van der Waals surface area contributed by atoms with Gasteiger partial charge in [0.25, 0.3) is 5.56 Å². The molecule has 1 aromatic carbocycles. The van der Waals surface area contributed by atoms with Crippen molar-refractivity contribution in [3.63, 3.8) is 0 Å². The van der Waals surface area contributed by atoms with Gasteiger partial charge in [-0.05, 0) is 38.0 Å². The third-order valence-electron chi connectivity index (χ3n) is 4.95. The Hall–Kier alpha value is -2.70. The molecule has 6 nitrogen and oxygen atoms in total. The molecule has 0 aliphatic carbocycles. The van der Waals surface area contributed by atoms with Crippen molar-refractivity contribution >= 4 is 22.5 Å². The number of rotatable bonds is 5. The first-order valence-corrected chi connectivity index (χ1v) is 8.82. The number of hydrogen-bond donors (Lipinski definition) is 1. The highest BCUT2D eigenvalue weighted by molar-refractivity contribution is 5.87. The normalized spacial score (nSPS) is 18.1. The van der Waals surface area contributed by atoms with Crippen molar-refractivity contribution in [3.05, 3.63) is 47.3 Å². The van der Waals surface area contributed by atoms with Gasteiger partial charge in [-0.2, -0.15) is 0 Å². The number of carbonyl (C=O) groups is 1. The summed E-state index contributed by atoms with van der Waals surface area (Å²) in [6.45, 7) is 8.55. The lowest BCUT2D eigenvalue weighted by Crippen LogP contribution is -2.30. The van der Waals surface area contributed by atoms with Crippen LogP contribution in [0.3, 0.4) is 0 Å². The molecule has 2 atom stereocenters. The van der Waals surface area contributed by atoms with Gasteiger partial charge in [-0.3, -0.25) is 14.2 Å². The number of benzene rings is 1. The van der Waals surface area contributed by atoms with Gasteiger partial charge >= 0.3 is 0 Å². The molecule has 1 amide bonds. The number of carbonyl (C=O) groups excluding carboxylic acids is 1. The van der Waals surface area contributed by atoms with Gasteiger partial charge in [0.1, 0.15) is 5.52 Å². The van der Waals surface area contributed by atoms with E-state index in [0.29, 0.717) is 18.8 Å². The first-order valence-electron chi connectivity index (χ1n) is 8.82. The van der Waals surface area contributed by atoms with E-state index < -0.39 is 5.82 Å². The Balaban J connectivity index is 1.90. The van der Waals surface area contributed by atoms with Gasteiger partial charge in [0.05, 0.1) is 11.7 Å². The van der Waals surface area contributed by atoms with Crippen LogP contribution in [-0.2, 0) is 4.79 Å². The summed E-state index contributed by atoms with van der Waals surface area (Å²) in [5.41, 5.74) is 0.352. The molecular formula is C19H23FN4O2. The predicted octanol–water partition coefficient (Wildman–Crippen LogP) is 2.71. The Morgan fingerprint density at radius 3 is 3.00 bits per heavy atom. The highest BCUT2D eigenvalue weighted by Gasteiger charge is 2.25. The van der Waals surface area contributed by atoms with Crippen LogP contribution in [0, 0.1) is 5.82 Å². The molecule has 2 unspecified atom stereocenters. The fourth-order valence-corrected chi connectivity index (χ4v) is 3.24. The van der Waals surface area contributed by atoms with Crippen LogP contribution in [0.4, 0.5) is 10.1 Å². The van der Waals surface area contributed by atoms with E-state index in [1.165, 1.54) is 23.0 Å². The molecule has 3 rings (SSSR count). The van der Waals surface area contributed by atoms with E-state index >= 15 is 0 Å². The zero-order valence-corrected chi connectivity index (χ0v) is 15.0. The quantitative estimate of drug-likeness (QED) is 0.835. The largest absolute Gasteiger partial charge is 0.380 e. The number of amides is 1. The molecule has 2 heterocycles. The molecule has 1 aromatic heterocycles. The smallest absolute Gasteiger partial charge is 0.261 e. The molecular weight excluding hydrogens is 335 g/mol. The van der Waals surface area contributed by atoms with Gasteiger partial charge in [0.2, 0.25) is 5.91 Å². The average molecular weight is 358 g/mol. The van der Waals surface area contributed by atoms with Crippen LogP contribution in [-0.4, -0.2) is 39.5 Å². The van der Waals surface area contributed by atoms with E-state index in [2.05, 4.69) is 16.9 Å². The maximum atomic E-state index is 14.4. The van der Waals surface area contributed by atoms with Gasteiger partial charge < -0.3 is 10.2 Å². The lowest BCUT2D eigenvalue weighted by molar-refractivity contribution is -0.125. The van der Waals surface area contributed by atoms with Crippen LogP contribution < -0.4 is 10.9 Å². The van der Waals surface area contributed by atoms with E-state index in [1.807, 2.05) is 13.8 Å². The predicted molar refractivity (Wildman–Crippen MR) is 99.8 cm³/mol. The molecule has 1 saturated heterocycles. The molecule has 1 N–H and O–H groups in total. The summed E-state index contributed by atoms with van der Waals surface area (Å²) in [7, 11) is 0. The molecule has 2 aromatic rings. The van der Waals surface area contributed by atoms with Crippen LogP contribution in [0.25, 0.3) is 10.9 Å². The molecule has 1 aliphatic rings. The second kappa shape index (κ2) is 7.27. The molecule has 26 heavy (non-hydrogen) atoms. The fraction of sp³-hybridized carbons (Fsp3) is 0.421. The number of nitrogens with zero attached hydrogens (tertiary/aromatic N) is 3. The Morgan fingerprint density at radius 1 is 1.54 bits per heavy atom. The zero-order chi connectivity index (χ0) is 18.8. The zero-order valence-electron chi connectivity index (χ0n) is 15.0. The number of hydrogen-bond acceptors (Lipinski definition) is 4. The minimum absolute atomic E-state index is 0.00390. The van der Waals surface area contributed by atoms with Crippen molar-refractivity contribution in [2.45, 2.75) is 38.8 Å². The van der Waals surface area contributed by atoms with E-state index in [1.54, 1.807) is 11.0 Å². The highest BCUT2D eigenvalue weighted by Crippen LogP contribution is 2.22. The van der Waals surface area contributed by atoms with Crippen molar-refractivity contribution in [1.29, 1.82) is 0 Å². The van der Waals surface area contributed by atoms with Crippen LogP contribution in [0.1, 0.15) is 32.7 Å². The number of likely N-dealkylation sites (tertiary alicyclic amines) is 1. The maximum Gasteiger partial charge on any atom is 0.261 e. The van der Waals surface area contributed by atoms with Gasteiger partial charge in [-0.15, -0.1) is 0 Å². The van der Waals surface area contributed by atoms with Crippen molar-refractivity contribution in [1.82, 2.24) is 14.5 Å². The van der Waals surface area contributed by atoms with Gasteiger partial charge in [-0.1, -0.05) is 13.5 Å². The van der Waals surface area contributed by atoms with E-state index in [9.17, 15) is 14.0 Å². The third kappa shape index (κ3) is 3.34. The van der Waals surface area contributed by atoms with Crippen LogP contribution in [0.2, 0.25) is 0 Å². The summed E-state index contributed by atoms with van der Waals surface area (Å²) in [6.07, 6.45) is 4.23. The van der Waals surface area contributed by atoms with Gasteiger partial charge in [0.15, 0.2) is 5.82 Å². The second-order valence-electron chi connectivity index (χ2n) is 6.69. The Morgan fingerprint density at radius 2 is 2.31 bits per heavy atom. The van der Waals surface area contributed by atoms with Gasteiger partial charge in [0, 0.05) is 30.9 Å². The highest BCUT2D eigenvalue weighted by atomic mass is 19.1. The first kappa shape index (κ1) is 18.1. The van der Waals surface area contributed by atoms with E-state index in [4.69, 9.17) is 0 Å². The molecule has 0 radical (unpaired) electrons. The monoisotopic (exact) mass is 358 g/mol. The minimum Gasteiger partial charge on any atom is -0.380 e. The lowest BCUT2D eigenvalue weighted by atomic mass is 10.1. The lowest BCUT2D eigenvalue weighted by Gasteiger charge is -2.17. The Kier molecular flexibility index (Phi) is 5.06. The Labute approximate surface area is 151 Å². The molecule has 138 valence electrons. The molecule has 7 heteroatoms. The van der Waals surface area contributed by atoms with Crippen molar-refractivity contribution in [2.24, 2.45) is 0 Å². The summed E-state index contributed by atoms with van der Waals surface area (Å²) >= 11 is 0. The minimum atomic E-state index is -0.532. The number of aromatic nitrogens is 2.